The molecule has 0 fully saturated rings. The van der Waals surface area contributed by atoms with Crippen molar-refractivity contribution in [1.82, 2.24) is 0 Å². The Kier molecular flexibility index (Phi) is 3.31. The summed E-state index contributed by atoms with van der Waals surface area (Å²) in [6, 6.07) is 5.23. The van der Waals surface area contributed by atoms with Crippen LogP contribution in [-0.2, 0) is 0 Å². The molecule has 2 heteroatoms. The highest BCUT2D eigenvalue weighted by Crippen LogP contribution is 2.28. The van der Waals surface area contributed by atoms with Crippen LogP contribution in [0.4, 0.5) is 0 Å². The zero-order valence-corrected chi connectivity index (χ0v) is 8.70. The van der Waals surface area contributed by atoms with Gasteiger partial charge in [0, 0.05) is 11.6 Å². The van der Waals surface area contributed by atoms with Crippen LogP contribution in [0.5, 0.6) is 5.75 Å². The predicted octanol–water partition coefficient (Wildman–Crippen LogP) is 2.69. The minimum absolute atomic E-state index is 0.130. The van der Waals surface area contributed by atoms with E-state index >= 15 is 0 Å². The van der Waals surface area contributed by atoms with Gasteiger partial charge < -0.3 is 10.8 Å². The first-order valence-corrected chi connectivity index (χ1v) is 4.77. The first kappa shape index (κ1) is 10.8. The first-order valence-electron chi connectivity index (χ1n) is 4.77. The van der Waals surface area contributed by atoms with Crippen molar-refractivity contribution >= 4 is 6.08 Å². The van der Waals surface area contributed by atoms with Gasteiger partial charge in [-0.3, -0.25) is 0 Å². The van der Waals surface area contributed by atoms with Crippen molar-refractivity contribution < 1.29 is 5.11 Å². The Morgan fingerprint density at radius 3 is 2.57 bits per heavy atom. The van der Waals surface area contributed by atoms with Gasteiger partial charge in [-0.25, -0.2) is 0 Å². The predicted molar refractivity (Wildman–Crippen MR) is 60.0 cm³/mol. The molecule has 2 nitrogen and oxygen atoms in total. The zero-order valence-electron chi connectivity index (χ0n) is 8.70. The van der Waals surface area contributed by atoms with Crippen LogP contribution in [0.2, 0.25) is 0 Å². The van der Waals surface area contributed by atoms with Crippen LogP contribution >= 0.6 is 0 Å². The van der Waals surface area contributed by atoms with Gasteiger partial charge in [-0.1, -0.05) is 32.6 Å². The summed E-state index contributed by atoms with van der Waals surface area (Å²) in [7, 11) is 0. The molecule has 0 radical (unpaired) electrons. The molecule has 1 unspecified atom stereocenters. The molecule has 1 aromatic carbocycles. The standard InChI is InChI=1S/C12H17NO/c1-4-9-5-6-11(14)10(7-9)12(13)8(2)3/h4-8,12,14H,1,13H2,2-3H3. The lowest BCUT2D eigenvalue weighted by Gasteiger charge is -2.17. The smallest absolute Gasteiger partial charge is 0.120 e. The number of phenolic OH excluding ortho intramolecular Hbond substituents is 1. The molecule has 0 aliphatic heterocycles. The molecule has 0 spiro atoms. The molecule has 0 saturated carbocycles. The number of aromatic hydroxyl groups is 1. The van der Waals surface area contributed by atoms with Crippen molar-refractivity contribution in [3.63, 3.8) is 0 Å². The maximum absolute atomic E-state index is 9.64. The van der Waals surface area contributed by atoms with Gasteiger partial charge in [0.05, 0.1) is 0 Å². The Morgan fingerprint density at radius 2 is 2.07 bits per heavy atom. The SMILES string of the molecule is C=Cc1ccc(O)c(C(N)C(C)C)c1. The van der Waals surface area contributed by atoms with Crippen LogP contribution in [0.15, 0.2) is 24.8 Å². The number of nitrogens with two attached hydrogens (primary N) is 1. The van der Waals surface area contributed by atoms with Gasteiger partial charge in [-0.15, -0.1) is 0 Å². The third kappa shape index (κ3) is 2.15. The minimum atomic E-state index is -0.130. The topological polar surface area (TPSA) is 46.2 Å². The molecule has 1 atom stereocenters. The van der Waals surface area contributed by atoms with E-state index in [9.17, 15) is 5.11 Å². The van der Waals surface area contributed by atoms with Crippen LogP contribution in [0.1, 0.15) is 31.0 Å². The summed E-state index contributed by atoms with van der Waals surface area (Å²) in [4.78, 5) is 0. The minimum Gasteiger partial charge on any atom is -0.508 e. The number of hydrogen-bond donors (Lipinski definition) is 2. The van der Waals surface area contributed by atoms with E-state index in [1.165, 1.54) is 0 Å². The number of benzene rings is 1. The highest BCUT2D eigenvalue weighted by molar-refractivity contribution is 5.52. The Morgan fingerprint density at radius 1 is 1.43 bits per heavy atom. The van der Waals surface area contributed by atoms with Gasteiger partial charge in [0.2, 0.25) is 0 Å². The lowest BCUT2D eigenvalue weighted by Crippen LogP contribution is -2.16. The van der Waals surface area contributed by atoms with Crippen LogP contribution in [0.3, 0.4) is 0 Å². The second kappa shape index (κ2) is 4.29. The largest absolute Gasteiger partial charge is 0.508 e. The summed E-state index contributed by atoms with van der Waals surface area (Å²) < 4.78 is 0. The van der Waals surface area contributed by atoms with Crippen LogP contribution in [-0.4, -0.2) is 5.11 Å². The first-order chi connectivity index (χ1) is 6.56. The third-order valence-electron chi connectivity index (χ3n) is 2.36. The molecule has 1 aromatic rings. The highest BCUT2D eigenvalue weighted by atomic mass is 16.3. The van der Waals surface area contributed by atoms with E-state index in [-0.39, 0.29) is 11.8 Å². The van der Waals surface area contributed by atoms with Crippen molar-refractivity contribution in [2.45, 2.75) is 19.9 Å². The molecular weight excluding hydrogens is 174 g/mol. The molecule has 0 bridgehead atoms. The van der Waals surface area contributed by atoms with E-state index in [2.05, 4.69) is 6.58 Å². The van der Waals surface area contributed by atoms with Gasteiger partial charge in [0.25, 0.3) is 0 Å². The van der Waals surface area contributed by atoms with Crippen molar-refractivity contribution in [3.05, 3.63) is 35.9 Å². The average Bonchev–Trinajstić information content (AvgIpc) is 2.17. The Labute approximate surface area is 85.1 Å². The van der Waals surface area contributed by atoms with E-state index in [0.717, 1.165) is 11.1 Å². The van der Waals surface area contributed by atoms with E-state index in [4.69, 9.17) is 5.73 Å². The van der Waals surface area contributed by atoms with E-state index in [1.807, 2.05) is 26.0 Å². The van der Waals surface area contributed by atoms with Gasteiger partial charge in [0.15, 0.2) is 0 Å². The molecular formula is C12H17NO. The Bertz CT molecular complexity index is 331. The summed E-state index contributed by atoms with van der Waals surface area (Å²) in [5, 5.41) is 9.64. The number of rotatable bonds is 3. The van der Waals surface area contributed by atoms with Crippen molar-refractivity contribution in [3.8, 4) is 5.75 Å². The molecule has 0 aromatic heterocycles. The van der Waals surface area contributed by atoms with Crippen LogP contribution < -0.4 is 5.73 Å². The molecule has 76 valence electrons. The molecule has 1 rings (SSSR count). The molecule has 14 heavy (non-hydrogen) atoms. The monoisotopic (exact) mass is 191 g/mol. The van der Waals surface area contributed by atoms with Crippen LogP contribution in [0.25, 0.3) is 6.08 Å². The highest BCUT2D eigenvalue weighted by Gasteiger charge is 2.14. The molecule has 0 heterocycles. The van der Waals surface area contributed by atoms with E-state index in [0.29, 0.717) is 5.92 Å². The molecule has 3 N–H and O–H groups in total. The zero-order chi connectivity index (χ0) is 10.7. The third-order valence-corrected chi connectivity index (χ3v) is 2.36. The molecule has 0 saturated heterocycles. The van der Waals surface area contributed by atoms with Crippen molar-refractivity contribution in [1.29, 1.82) is 0 Å². The summed E-state index contributed by atoms with van der Waals surface area (Å²) in [5.41, 5.74) is 7.74. The van der Waals surface area contributed by atoms with E-state index < -0.39 is 0 Å². The maximum atomic E-state index is 9.64. The summed E-state index contributed by atoms with van der Waals surface area (Å²) in [6.45, 7) is 7.75. The average molecular weight is 191 g/mol. The summed E-state index contributed by atoms with van der Waals surface area (Å²) in [6.07, 6.45) is 1.75. The number of phenols is 1. The fraction of sp³-hybridized carbons (Fsp3) is 0.333. The van der Waals surface area contributed by atoms with Crippen LogP contribution in [0, 0.1) is 5.92 Å². The fourth-order valence-electron chi connectivity index (χ4n) is 1.33. The lowest BCUT2D eigenvalue weighted by molar-refractivity contribution is 0.440. The quantitative estimate of drug-likeness (QED) is 0.771. The lowest BCUT2D eigenvalue weighted by atomic mass is 9.95. The summed E-state index contributed by atoms with van der Waals surface area (Å²) >= 11 is 0. The second-order valence-electron chi connectivity index (χ2n) is 3.79. The normalized spacial score (nSPS) is 12.9. The maximum Gasteiger partial charge on any atom is 0.120 e. The van der Waals surface area contributed by atoms with Gasteiger partial charge in [0.1, 0.15) is 5.75 Å². The molecule has 0 amide bonds. The van der Waals surface area contributed by atoms with Crippen molar-refractivity contribution in [2.24, 2.45) is 11.7 Å². The Balaban J connectivity index is 3.11. The van der Waals surface area contributed by atoms with E-state index in [1.54, 1.807) is 12.1 Å². The second-order valence-corrected chi connectivity index (χ2v) is 3.79. The van der Waals surface area contributed by atoms with Gasteiger partial charge in [-0.2, -0.15) is 0 Å². The summed E-state index contributed by atoms with van der Waals surface area (Å²) in [5.74, 6) is 0.567. The van der Waals surface area contributed by atoms with Gasteiger partial charge >= 0.3 is 0 Å². The van der Waals surface area contributed by atoms with Gasteiger partial charge in [-0.05, 0) is 23.6 Å². The fourth-order valence-corrected chi connectivity index (χ4v) is 1.33. The number of hydrogen-bond acceptors (Lipinski definition) is 2. The van der Waals surface area contributed by atoms with Crippen molar-refractivity contribution in [2.75, 3.05) is 0 Å². The molecule has 0 aliphatic rings. The Hall–Kier alpha value is -1.28. The molecule has 0 aliphatic carbocycles.